The molecule has 184 valence electrons. The van der Waals surface area contributed by atoms with Gasteiger partial charge in [-0.25, -0.2) is 0 Å². The van der Waals surface area contributed by atoms with Crippen molar-refractivity contribution in [2.24, 2.45) is 0 Å². The normalized spacial score (nSPS) is 14.6. The van der Waals surface area contributed by atoms with E-state index in [1.54, 1.807) is 42.5 Å². The minimum absolute atomic E-state index is 0.0169. The summed E-state index contributed by atoms with van der Waals surface area (Å²) in [6, 6.07) is 20.2. The molecule has 0 spiro atoms. The maximum absolute atomic E-state index is 13.3. The largest absolute Gasteiger partial charge is 0.494 e. The first kappa shape index (κ1) is 25.6. The third-order valence-electron chi connectivity index (χ3n) is 5.31. The molecule has 4 rings (SSSR count). The number of methoxy groups -OCH3 is 1. The van der Waals surface area contributed by atoms with Crippen LogP contribution in [0.4, 0.5) is 5.69 Å². The summed E-state index contributed by atoms with van der Waals surface area (Å²) in [5.41, 5.74) is 2.10. The summed E-state index contributed by atoms with van der Waals surface area (Å²) in [5.74, 6) is 0.621. The van der Waals surface area contributed by atoms with Crippen molar-refractivity contribution in [1.82, 2.24) is 5.32 Å². The summed E-state index contributed by atoms with van der Waals surface area (Å²) in [4.78, 5) is 27.2. The highest BCUT2D eigenvalue weighted by Crippen LogP contribution is 2.31. The van der Waals surface area contributed by atoms with Gasteiger partial charge >= 0.3 is 0 Å². The van der Waals surface area contributed by atoms with Gasteiger partial charge < -0.3 is 14.2 Å². The van der Waals surface area contributed by atoms with Gasteiger partial charge in [-0.1, -0.05) is 18.2 Å². The van der Waals surface area contributed by atoms with E-state index < -0.39 is 11.8 Å². The van der Waals surface area contributed by atoms with Gasteiger partial charge in [0.15, 0.2) is 16.6 Å². The Balaban J connectivity index is 1.56. The van der Waals surface area contributed by atoms with Gasteiger partial charge in [0.05, 0.1) is 19.4 Å². The van der Waals surface area contributed by atoms with Crippen molar-refractivity contribution in [3.05, 3.63) is 87.0 Å². The summed E-state index contributed by atoms with van der Waals surface area (Å²) >= 11 is 7.53. The minimum Gasteiger partial charge on any atom is -0.494 e. The molecule has 0 aliphatic carbocycles. The topological polar surface area (TPSA) is 77.1 Å². The van der Waals surface area contributed by atoms with E-state index in [2.05, 4.69) is 27.9 Å². The van der Waals surface area contributed by atoms with Gasteiger partial charge in [0.2, 0.25) is 0 Å². The van der Waals surface area contributed by atoms with Crippen LogP contribution in [0.15, 0.2) is 72.3 Å². The van der Waals surface area contributed by atoms with Gasteiger partial charge in [-0.15, -0.1) is 0 Å². The van der Waals surface area contributed by atoms with E-state index in [9.17, 15) is 9.59 Å². The van der Waals surface area contributed by atoms with Crippen LogP contribution >= 0.6 is 34.8 Å². The van der Waals surface area contributed by atoms with E-state index in [0.717, 1.165) is 9.13 Å². The van der Waals surface area contributed by atoms with Crippen LogP contribution in [0, 0.1) is 3.57 Å². The lowest BCUT2D eigenvalue weighted by Crippen LogP contribution is -2.54. The number of carbonyl (C=O) groups is 2. The molecule has 1 aliphatic rings. The molecule has 0 bridgehead atoms. The number of thiocarbonyl (C=S) groups is 1. The third kappa shape index (κ3) is 5.85. The quantitative estimate of drug-likeness (QED) is 0.165. The first-order valence-electron chi connectivity index (χ1n) is 11.1. The van der Waals surface area contributed by atoms with E-state index in [1.807, 2.05) is 31.2 Å². The minimum atomic E-state index is -0.565. The van der Waals surface area contributed by atoms with E-state index in [0.29, 0.717) is 41.7 Å². The average molecular weight is 614 g/mol. The molecular weight excluding hydrogens is 591 g/mol. The standard InChI is InChI=1S/C27H23IN2O5S/c1-3-34-21-11-9-20(10-12-21)30-26(32)22(25(31)29-27(30)36)14-18-6-13-23(24(15-18)33-2)35-16-17-4-7-19(28)8-5-17/h4-15H,3,16H2,1-2H3,(H,29,31,36)/b22-14+. The molecule has 1 fully saturated rings. The average Bonchev–Trinajstić information content (AvgIpc) is 2.87. The van der Waals surface area contributed by atoms with Gasteiger partial charge in [-0.05, 0) is 107 Å². The lowest BCUT2D eigenvalue weighted by molar-refractivity contribution is -0.122. The first-order chi connectivity index (χ1) is 17.4. The number of anilines is 1. The highest BCUT2D eigenvalue weighted by atomic mass is 127. The second-order valence-electron chi connectivity index (χ2n) is 7.71. The SMILES string of the molecule is CCOc1ccc(N2C(=O)/C(=C/c3ccc(OCc4ccc(I)cc4)c(OC)c3)C(=O)NC2=S)cc1. The molecule has 0 aromatic heterocycles. The van der Waals surface area contributed by atoms with Crippen LogP contribution in [0.1, 0.15) is 18.1 Å². The molecule has 7 nitrogen and oxygen atoms in total. The maximum Gasteiger partial charge on any atom is 0.270 e. The van der Waals surface area contributed by atoms with Crippen LogP contribution in [0.5, 0.6) is 17.2 Å². The van der Waals surface area contributed by atoms with Crippen LogP contribution in [0.3, 0.4) is 0 Å². The summed E-state index contributed by atoms with van der Waals surface area (Å²) < 4.78 is 18.0. The van der Waals surface area contributed by atoms with Crippen molar-refractivity contribution in [3.63, 3.8) is 0 Å². The number of hydrogen-bond donors (Lipinski definition) is 1. The zero-order chi connectivity index (χ0) is 25.7. The van der Waals surface area contributed by atoms with Crippen LogP contribution in [-0.4, -0.2) is 30.6 Å². The molecule has 0 radical (unpaired) electrons. The number of nitrogens with zero attached hydrogens (tertiary/aromatic N) is 1. The van der Waals surface area contributed by atoms with Crippen molar-refractivity contribution < 1.29 is 23.8 Å². The number of halogens is 1. The Morgan fingerprint density at radius 2 is 1.69 bits per heavy atom. The Morgan fingerprint density at radius 1 is 0.972 bits per heavy atom. The number of carbonyl (C=O) groups excluding carboxylic acids is 2. The molecule has 0 unspecified atom stereocenters. The zero-order valence-corrected chi connectivity index (χ0v) is 22.6. The van der Waals surface area contributed by atoms with Gasteiger partial charge in [0, 0.05) is 3.57 Å². The summed E-state index contributed by atoms with van der Waals surface area (Å²) in [6.07, 6.45) is 1.51. The lowest BCUT2D eigenvalue weighted by atomic mass is 10.1. The number of ether oxygens (including phenoxy) is 3. The fraction of sp³-hybridized carbons (Fsp3) is 0.148. The van der Waals surface area contributed by atoms with Crippen LogP contribution in [0.25, 0.3) is 6.08 Å². The molecule has 1 aliphatic heterocycles. The van der Waals surface area contributed by atoms with Gasteiger partial charge in [-0.2, -0.15) is 0 Å². The summed E-state index contributed by atoms with van der Waals surface area (Å²) in [7, 11) is 1.54. The predicted molar refractivity (Wildman–Crippen MR) is 150 cm³/mol. The highest BCUT2D eigenvalue weighted by molar-refractivity contribution is 14.1. The molecule has 1 saturated heterocycles. The number of benzene rings is 3. The fourth-order valence-corrected chi connectivity index (χ4v) is 4.19. The van der Waals surface area contributed by atoms with Gasteiger partial charge in [-0.3, -0.25) is 19.8 Å². The van der Waals surface area contributed by atoms with Crippen LogP contribution in [0.2, 0.25) is 0 Å². The van der Waals surface area contributed by atoms with E-state index in [1.165, 1.54) is 18.1 Å². The molecule has 3 aromatic rings. The second kappa shape index (κ2) is 11.5. The Hall–Kier alpha value is -3.44. The predicted octanol–water partition coefficient (Wildman–Crippen LogP) is 5.11. The monoisotopic (exact) mass is 614 g/mol. The van der Waals surface area contributed by atoms with Crippen molar-refractivity contribution in [3.8, 4) is 17.2 Å². The Morgan fingerprint density at radius 3 is 2.36 bits per heavy atom. The van der Waals surface area contributed by atoms with Crippen LogP contribution in [-0.2, 0) is 16.2 Å². The van der Waals surface area contributed by atoms with E-state index in [4.69, 9.17) is 26.4 Å². The molecule has 1 heterocycles. The molecule has 2 amide bonds. The van der Waals surface area contributed by atoms with Gasteiger partial charge in [0.25, 0.3) is 11.8 Å². The number of rotatable bonds is 8. The summed E-state index contributed by atoms with van der Waals surface area (Å²) in [6.45, 7) is 2.80. The molecule has 0 saturated carbocycles. The smallest absolute Gasteiger partial charge is 0.270 e. The van der Waals surface area contributed by atoms with Crippen molar-refractivity contribution in [2.75, 3.05) is 18.6 Å². The molecule has 36 heavy (non-hydrogen) atoms. The highest BCUT2D eigenvalue weighted by Gasteiger charge is 2.34. The molecule has 1 N–H and O–H groups in total. The summed E-state index contributed by atoms with van der Waals surface area (Å²) in [5, 5.41) is 2.61. The van der Waals surface area contributed by atoms with Crippen molar-refractivity contribution in [2.45, 2.75) is 13.5 Å². The first-order valence-corrected chi connectivity index (χ1v) is 12.6. The number of amides is 2. The van der Waals surface area contributed by atoms with E-state index >= 15 is 0 Å². The van der Waals surface area contributed by atoms with Crippen molar-refractivity contribution in [1.29, 1.82) is 0 Å². The number of nitrogens with one attached hydrogen (secondary N) is 1. The molecular formula is C27H23IN2O5S. The van der Waals surface area contributed by atoms with E-state index in [-0.39, 0.29) is 10.7 Å². The second-order valence-corrected chi connectivity index (χ2v) is 9.34. The lowest BCUT2D eigenvalue weighted by Gasteiger charge is -2.29. The molecule has 9 heteroatoms. The number of hydrogen-bond acceptors (Lipinski definition) is 6. The Labute approximate surface area is 228 Å². The van der Waals surface area contributed by atoms with Gasteiger partial charge in [0.1, 0.15) is 17.9 Å². The fourth-order valence-electron chi connectivity index (χ4n) is 3.55. The van der Waals surface area contributed by atoms with Crippen molar-refractivity contribution >= 4 is 63.5 Å². The molecule has 0 atom stereocenters. The maximum atomic E-state index is 13.3. The Kier molecular flexibility index (Phi) is 8.21. The van der Waals surface area contributed by atoms with Crippen LogP contribution < -0.4 is 24.4 Å². The molecule has 3 aromatic carbocycles. The zero-order valence-electron chi connectivity index (χ0n) is 19.6. The Bertz CT molecular complexity index is 1320. The third-order valence-corrected chi connectivity index (χ3v) is 6.32.